The molecule has 0 spiro atoms. The number of hydrogen-bond donors (Lipinski definition) is 0. The lowest BCUT2D eigenvalue weighted by atomic mass is 9.88. The van der Waals surface area contributed by atoms with Crippen LogP contribution in [-0.4, -0.2) is 15.9 Å². The summed E-state index contributed by atoms with van der Waals surface area (Å²) in [6.45, 7) is 0. The van der Waals surface area contributed by atoms with Crippen LogP contribution in [0.1, 0.15) is 55.7 Å². The Kier molecular flexibility index (Phi) is 3.20. The van der Waals surface area contributed by atoms with E-state index in [2.05, 4.69) is 34.4 Å². The molecule has 2 aromatic rings. The summed E-state index contributed by atoms with van der Waals surface area (Å²) in [4.78, 5) is 15.1. The summed E-state index contributed by atoms with van der Waals surface area (Å²) < 4.78 is 2.04. The van der Waals surface area contributed by atoms with Crippen LogP contribution in [0.15, 0.2) is 41.5 Å². The molecule has 2 saturated carbocycles. The van der Waals surface area contributed by atoms with E-state index in [1.807, 2.05) is 16.9 Å². The van der Waals surface area contributed by atoms with Crippen LogP contribution in [0, 0.1) is 0 Å². The van der Waals surface area contributed by atoms with Crippen molar-refractivity contribution in [2.24, 2.45) is 4.99 Å². The molecular formula is C18H19N3O. The number of carbonyl (C=O) groups excluding carboxylic acids is 1. The molecule has 0 atom stereocenters. The molecular weight excluding hydrogens is 274 g/mol. The van der Waals surface area contributed by atoms with Gasteiger partial charge in [-0.3, -0.25) is 0 Å². The van der Waals surface area contributed by atoms with Gasteiger partial charge in [0.05, 0.1) is 11.2 Å². The van der Waals surface area contributed by atoms with Gasteiger partial charge in [-0.25, -0.2) is 9.48 Å². The first-order chi connectivity index (χ1) is 10.8. The van der Waals surface area contributed by atoms with Gasteiger partial charge in [-0.15, -0.1) is 0 Å². The van der Waals surface area contributed by atoms with E-state index >= 15 is 0 Å². The molecule has 0 bridgehead atoms. The van der Waals surface area contributed by atoms with E-state index in [0.29, 0.717) is 5.92 Å². The van der Waals surface area contributed by atoms with Crippen LogP contribution in [0.3, 0.4) is 0 Å². The van der Waals surface area contributed by atoms with Crippen LogP contribution in [0.5, 0.6) is 0 Å². The molecule has 0 amide bonds. The summed E-state index contributed by atoms with van der Waals surface area (Å²) >= 11 is 0. The van der Waals surface area contributed by atoms with E-state index in [0.717, 1.165) is 36.9 Å². The quantitative estimate of drug-likeness (QED) is 0.635. The van der Waals surface area contributed by atoms with Crippen molar-refractivity contribution in [2.75, 3.05) is 0 Å². The molecule has 0 saturated heterocycles. The van der Waals surface area contributed by atoms with E-state index < -0.39 is 0 Å². The van der Waals surface area contributed by atoms with Gasteiger partial charge in [0.1, 0.15) is 0 Å². The van der Waals surface area contributed by atoms with Gasteiger partial charge in [0.2, 0.25) is 6.08 Å². The van der Waals surface area contributed by atoms with E-state index in [9.17, 15) is 4.79 Å². The van der Waals surface area contributed by atoms with Crippen LogP contribution in [0.25, 0.3) is 5.69 Å². The molecule has 2 aliphatic rings. The average molecular weight is 293 g/mol. The smallest absolute Gasteiger partial charge is 0.235 e. The van der Waals surface area contributed by atoms with Crippen LogP contribution in [0.2, 0.25) is 0 Å². The molecule has 0 unspecified atom stereocenters. The van der Waals surface area contributed by atoms with Crippen molar-refractivity contribution in [3.05, 3.63) is 47.8 Å². The van der Waals surface area contributed by atoms with Crippen LogP contribution < -0.4 is 0 Å². The van der Waals surface area contributed by atoms with Gasteiger partial charge in [0.15, 0.2) is 0 Å². The number of nitrogens with zero attached hydrogens (tertiary/aromatic N) is 3. The third-order valence-electron chi connectivity index (χ3n) is 4.99. The molecule has 0 N–H and O–H groups in total. The highest BCUT2D eigenvalue weighted by Gasteiger charge is 2.36. The molecule has 1 aromatic heterocycles. The predicted octanol–water partition coefficient (Wildman–Crippen LogP) is 3.85. The molecule has 0 radical (unpaired) electrons. The fourth-order valence-electron chi connectivity index (χ4n) is 3.66. The Labute approximate surface area is 129 Å². The largest absolute Gasteiger partial charge is 0.238 e. The normalized spacial score (nSPS) is 19.8. The maximum Gasteiger partial charge on any atom is 0.235 e. The van der Waals surface area contributed by atoms with Gasteiger partial charge in [0.25, 0.3) is 0 Å². The van der Waals surface area contributed by atoms with Crippen LogP contribution >= 0.6 is 0 Å². The fourth-order valence-corrected chi connectivity index (χ4v) is 3.66. The van der Waals surface area contributed by atoms with Gasteiger partial charge >= 0.3 is 0 Å². The number of aliphatic imine (C=N–C) groups is 1. The molecule has 22 heavy (non-hydrogen) atoms. The number of benzene rings is 1. The number of aromatic nitrogens is 2. The topological polar surface area (TPSA) is 47.2 Å². The lowest BCUT2D eigenvalue weighted by Gasteiger charge is -2.23. The summed E-state index contributed by atoms with van der Waals surface area (Å²) in [6, 6.07) is 10.5. The minimum atomic E-state index is -0.370. The molecule has 2 aliphatic carbocycles. The Balaban J connectivity index is 1.77. The van der Waals surface area contributed by atoms with Gasteiger partial charge in [-0.1, -0.05) is 25.0 Å². The minimum Gasteiger partial charge on any atom is -0.238 e. The van der Waals surface area contributed by atoms with Crippen molar-refractivity contribution in [2.45, 2.75) is 50.0 Å². The van der Waals surface area contributed by atoms with Crippen molar-refractivity contribution in [1.29, 1.82) is 0 Å². The standard InChI is InChI=1S/C18H19N3O/c22-13-19-18(9-1-2-10-18)15-4-3-5-16(12-15)21-17(8-11-20-21)14-6-7-14/h3-5,8,11-12,14H,1-2,6-7,9-10H2. The first kappa shape index (κ1) is 13.5. The molecule has 4 heteroatoms. The van der Waals surface area contributed by atoms with E-state index in [4.69, 9.17) is 0 Å². The van der Waals surface area contributed by atoms with Gasteiger partial charge in [-0.05, 0) is 49.4 Å². The summed E-state index contributed by atoms with van der Waals surface area (Å²) in [7, 11) is 0. The second kappa shape index (κ2) is 5.22. The summed E-state index contributed by atoms with van der Waals surface area (Å²) in [6.07, 6.45) is 10.3. The molecule has 1 aromatic carbocycles. The molecule has 112 valence electrons. The molecule has 1 heterocycles. The zero-order chi connectivity index (χ0) is 15.0. The third kappa shape index (κ3) is 2.20. The number of isocyanates is 1. The average Bonchev–Trinajstić information content (AvgIpc) is 3.09. The van der Waals surface area contributed by atoms with Crippen LogP contribution in [0.4, 0.5) is 0 Å². The lowest BCUT2D eigenvalue weighted by molar-refractivity contribution is 0.455. The fraction of sp³-hybridized carbons (Fsp3) is 0.444. The SMILES string of the molecule is O=C=NC1(c2cccc(-n3nccc3C3CC3)c2)CCCC1. The molecule has 0 aliphatic heterocycles. The Morgan fingerprint density at radius 2 is 2.05 bits per heavy atom. The van der Waals surface area contributed by atoms with E-state index in [-0.39, 0.29) is 5.54 Å². The Morgan fingerprint density at radius 1 is 1.23 bits per heavy atom. The predicted molar refractivity (Wildman–Crippen MR) is 83.8 cm³/mol. The molecule has 4 rings (SSSR count). The van der Waals surface area contributed by atoms with E-state index in [1.165, 1.54) is 18.5 Å². The third-order valence-corrected chi connectivity index (χ3v) is 4.99. The summed E-state index contributed by atoms with van der Waals surface area (Å²) in [5.74, 6) is 0.652. The zero-order valence-corrected chi connectivity index (χ0v) is 12.5. The highest BCUT2D eigenvalue weighted by atomic mass is 16.1. The summed E-state index contributed by atoms with van der Waals surface area (Å²) in [5, 5.41) is 4.49. The van der Waals surface area contributed by atoms with Gasteiger partial charge in [0, 0.05) is 17.8 Å². The Morgan fingerprint density at radius 3 is 2.77 bits per heavy atom. The van der Waals surface area contributed by atoms with Crippen molar-refractivity contribution in [3.63, 3.8) is 0 Å². The Hall–Kier alpha value is -2.19. The van der Waals surface area contributed by atoms with Crippen molar-refractivity contribution in [3.8, 4) is 5.69 Å². The second-order valence-electron chi connectivity index (χ2n) is 6.43. The van der Waals surface area contributed by atoms with Crippen molar-refractivity contribution >= 4 is 6.08 Å². The van der Waals surface area contributed by atoms with Crippen molar-refractivity contribution < 1.29 is 4.79 Å². The monoisotopic (exact) mass is 293 g/mol. The van der Waals surface area contributed by atoms with Crippen molar-refractivity contribution in [1.82, 2.24) is 9.78 Å². The zero-order valence-electron chi connectivity index (χ0n) is 12.5. The highest BCUT2D eigenvalue weighted by Crippen LogP contribution is 2.43. The first-order valence-electron chi connectivity index (χ1n) is 8.06. The maximum absolute atomic E-state index is 10.9. The second-order valence-corrected chi connectivity index (χ2v) is 6.43. The van der Waals surface area contributed by atoms with Crippen LogP contribution in [-0.2, 0) is 10.3 Å². The lowest BCUT2D eigenvalue weighted by Crippen LogP contribution is -2.19. The van der Waals surface area contributed by atoms with E-state index in [1.54, 1.807) is 6.08 Å². The first-order valence-corrected chi connectivity index (χ1v) is 8.06. The highest BCUT2D eigenvalue weighted by molar-refractivity contribution is 5.44. The number of hydrogen-bond acceptors (Lipinski definition) is 3. The molecule has 4 nitrogen and oxygen atoms in total. The number of rotatable bonds is 4. The van der Waals surface area contributed by atoms with Gasteiger partial charge < -0.3 is 0 Å². The summed E-state index contributed by atoms with van der Waals surface area (Å²) in [5.41, 5.74) is 3.10. The molecule has 2 fully saturated rings. The maximum atomic E-state index is 10.9. The van der Waals surface area contributed by atoms with Gasteiger partial charge in [-0.2, -0.15) is 10.1 Å². The Bertz CT molecular complexity index is 732. The minimum absolute atomic E-state index is 0.370.